The molecule has 1 unspecified atom stereocenters. The first kappa shape index (κ1) is 19.9. The fourth-order valence-corrected chi connectivity index (χ4v) is 3.53. The molecule has 0 amide bonds. The zero-order chi connectivity index (χ0) is 22.0. The lowest BCUT2D eigenvalue weighted by Gasteiger charge is -2.21. The zero-order valence-corrected chi connectivity index (χ0v) is 16.8. The molecule has 0 radical (unpaired) electrons. The SMILES string of the molecule is CCC(Nc1nc(N)nc(N)c1C#N)c1c(-c2ccccc2)oc2ccccc2c1=O. The van der Waals surface area contributed by atoms with Gasteiger partial charge in [0.2, 0.25) is 5.95 Å². The topological polar surface area (TPSA) is 144 Å². The summed E-state index contributed by atoms with van der Waals surface area (Å²) in [6.07, 6.45) is 0.512. The highest BCUT2D eigenvalue weighted by atomic mass is 16.3. The summed E-state index contributed by atoms with van der Waals surface area (Å²) >= 11 is 0. The Bertz CT molecular complexity index is 1360. The van der Waals surface area contributed by atoms with Gasteiger partial charge in [-0.25, -0.2) is 0 Å². The summed E-state index contributed by atoms with van der Waals surface area (Å²) < 4.78 is 6.20. The highest BCUT2D eigenvalue weighted by molar-refractivity contribution is 5.81. The molecule has 2 heterocycles. The van der Waals surface area contributed by atoms with Gasteiger partial charge >= 0.3 is 0 Å². The van der Waals surface area contributed by atoms with E-state index in [4.69, 9.17) is 15.9 Å². The molecule has 4 aromatic rings. The summed E-state index contributed by atoms with van der Waals surface area (Å²) in [5, 5.41) is 13.1. The molecule has 0 saturated heterocycles. The number of hydrogen-bond donors (Lipinski definition) is 3. The minimum Gasteiger partial charge on any atom is -0.455 e. The predicted octanol–water partition coefficient (Wildman–Crippen LogP) is 3.85. The molecule has 0 bridgehead atoms. The first-order valence-corrected chi connectivity index (χ1v) is 9.74. The number of nitrogen functional groups attached to an aromatic ring is 2. The summed E-state index contributed by atoms with van der Waals surface area (Å²) in [4.78, 5) is 21.5. The summed E-state index contributed by atoms with van der Waals surface area (Å²) in [6, 6.07) is 18.0. The van der Waals surface area contributed by atoms with Crippen molar-refractivity contribution in [2.24, 2.45) is 0 Å². The molecule has 0 aliphatic carbocycles. The number of anilines is 3. The van der Waals surface area contributed by atoms with Crippen LogP contribution in [-0.4, -0.2) is 9.97 Å². The van der Waals surface area contributed by atoms with Crippen molar-refractivity contribution in [1.29, 1.82) is 5.26 Å². The molecule has 0 saturated carbocycles. The van der Waals surface area contributed by atoms with E-state index in [1.54, 1.807) is 18.2 Å². The van der Waals surface area contributed by atoms with Crippen LogP contribution in [0.4, 0.5) is 17.6 Å². The van der Waals surface area contributed by atoms with Gasteiger partial charge in [0.25, 0.3) is 0 Å². The smallest absolute Gasteiger partial charge is 0.224 e. The van der Waals surface area contributed by atoms with E-state index in [2.05, 4.69) is 15.3 Å². The van der Waals surface area contributed by atoms with Gasteiger partial charge in [0.05, 0.1) is 17.0 Å². The van der Waals surface area contributed by atoms with Gasteiger partial charge in [-0.15, -0.1) is 0 Å². The molecule has 8 heteroatoms. The number of benzene rings is 2. The normalized spacial score (nSPS) is 11.7. The second-order valence-electron chi connectivity index (χ2n) is 6.94. The number of nitriles is 1. The number of nitrogens with two attached hydrogens (primary N) is 2. The molecule has 1 atom stereocenters. The van der Waals surface area contributed by atoms with Crippen LogP contribution in [-0.2, 0) is 0 Å². The number of hydrogen-bond acceptors (Lipinski definition) is 8. The second-order valence-corrected chi connectivity index (χ2v) is 6.94. The van der Waals surface area contributed by atoms with Gasteiger partial charge in [-0.1, -0.05) is 49.4 Å². The first-order chi connectivity index (χ1) is 15.0. The van der Waals surface area contributed by atoms with Crippen molar-refractivity contribution >= 4 is 28.6 Å². The van der Waals surface area contributed by atoms with E-state index in [0.717, 1.165) is 5.56 Å². The molecule has 5 N–H and O–H groups in total. The number of para-hydroxylation sites is 1. The Hall–Kier alpha value is -4.38. The molecule has 2 aromatic carbocycles. The largest absolute Gasteiger partial charge is 0.455 e. The highest BCUT2D eigenvalue weighted by Gasteiger charge is 2.25. The number of rotatable bonds is 5. The van der Waals surface area contributed by atoms with Crippen molar-refractivity contribution in [2.75, 3.05) is 16.8 Å². The van der Waals surface area contributed by atoms with Gasteiger partial charge in [0, 0.05) is 5.56 Å². The lowest BCUT2D eigenvalue weighted by Crippen LogP contribution is -2.22. The maximum absolute atomic E-state index is 13.6. The van der Waals surface area contributed by atoms with E-state index in [1.807, 2.05) is 49.4 Å². The summed E-state index contributed by atoms with van der Waals surface area (Å²) in [5.74, 6) is 0.534. The molecule has 4 rings (SSSR count). The standard InChI is InChI=1S/C23H20N6O2/c1-2-16(27-22-15(12-24)21(25)28-23(26)29-22)18-19(30)14-10-6-7-11-17(14)31-20(18)13-8-4-3-5-9-13/h3-11,16H,2H2,1H3,(H5,25,26,27,28,29). The Morgan fingerprint density at radius 3 is 2.52 bits per heavy atom. The summed E-state index contributed by atoms with van der Waals surface area (Å²) in [5.41, 5.74) is 13.2. The number of fused-ring (bicyclic) bond motifs is 1. The quantitative estimate of drug-likeness (QED) is 0.448. The van der Waals surface area contributed by atoms with Crippen LogP contribution in [0, 0.1) is 11.3 Å². The molecule has 8 nitrogen and oxygen atoms in total. The van der Waals surface area contributed by atoms with Crippen LogP contribution in [0.15, 0.2) is 63.8 Å². The van der Waals surface area contributed by atoms with Crippen molar-refractivity contribution in [3.8, 4) is 17.4 Å². The molecule has 0 fully saturated rings. The molecule has 0 spiro atoms. The fraction of sp³-hybridized carbons (Fsp3) is 0.130. The maximum Gasteiger partial charge on any atom is 0.224 e. The Balaban J connectivity index is 1.95. The third-order valence-corrected chi connectivity index (χ3v) is 5.00. The highest BCUT2D eigenvalue weighted by Crippen LogP contribution is 2.33. The Morgan fingerprint density at radius 2 is 1.81 bits per heavy atom. The van der Waals surface area contributed by atoms with E-state index in [9.17, 15) is 10.1 Å². The lowest BCUT2D eigenvalue weighted by atomic mass is 9.97. The van der Waals surface area contributed by atoms with Crippen LogP contribution in [0.1, 0.15) is 30.5 Å². The predicted molar refractivity (Wildman–Crippen MR) is 120 cm³/mol. The van der Waals surface area contributed by atoms with Crippen LogP contribution in [0.2, 0.25) is 0 Å². The van der Waals surface area contributed by atoms with Gasteiger partial charge in [-0.05, 0) is 18.6 Å². The molecule has 2 aromatic heterocycles. The van der Waals surface area contributed by atoms with Gasteiger partial charge in [-0.2, -0.15) is 15.2 Å². The molecular formula is C23H20N6O2. The van der Waals surface area contributed by atoms with Crippen LogP contribution in [0.3, 0.4) is 0 Å². The third-order valence-electron chi connectivity index (χ3n) is 5.00. The van der Waals surface area contributed by atoms with Crippen molar-refractivity contribution < 1.29 is 4.42 Å². The van der Waals surface area contributed by atoms with E-state index >= 15 is 0 Å². The van der Waals surface area contributed by atoms with Gasteiger partial charge in [0.15, 0.2) is 11.2 Å². The Kier molecular flexibility index (Phi) is 5.24. The number of nitrogens with one attached hydrogen (secondary N) is 1. The number of aromatic nitrogens is 2. The molecule has 0 aliphatic rings. The van der Waals surface area contributed by atoms with Crippen molar-refractivity contribution in [1.82, 2.24) is 9.97 Å². The van der Waals surface area contributed by atoms with Crippen LogP contribution in [0.5, 0.6) is 0 Å². The van der Waals surface area contributed by atoms with Crippen LogP contribution < -0.4 is 22.2 Å². The molecule has 0 aliphatic heterocycles. The van der Waals surface area contributed by atoms with Crippen molar-refractivity contribution in [3.63, 3.8) is 0 Å². The third kappa shape index (κ3) is 3.65. The van der Waals surface area contributed by atoms with Crippen LogP contribution >= 0.6 is 0 Å². The first-order valence-electron chi connectivity index (χ1n) is 9.74. The van der Waals surface area contributed by atoms with Gasteiger partial charge in [0.1, 0.15) is 28.8 Å². The number of nitrogens with zero attached hydrogens (tertiary/aromatic N) is 3. The molecule has 154 valence electrons. The fourth-order valence-electron chi connectivity index (χ4n) is 3.53. The zero-order valence-electron chi connectivity index (χ0n) is 16.8. The van der Waals surface area contributed by atoms with Crippen molar-refractivity contribution in [3.05, 3.63) is 75.9 Å². The monoisotopic (exact) mass is 412 g/mol. The molecular weight excluding hydrogens is 392 g/mol. The van der Waals surface area contributed by atoms with Crippen molar-refractivity contribution in [2.45, 2.75) is 19.4 Å². The average molecular weight is 412 g/mol. The van der Waals surface area contributed by atoms with E-state index in [1.165, 1.54) is 0 Å². The van der Waals surface area contributed by atoms with E-state index in [0.29, 0.717) is 28.7 Å². The van der Waals surface area contributed by atoms with Gasteiger partial charge in [-0.3, -0.25) is 4.79 Å². The van der Waals surface area contributed by atoms with E-state index < -0.39 is 6.04 Å². The maximum atomic E-state index is 13.6. The second kappa shape index (κ2) is 8.16. The minimum absolute atomic E-state index is 0.0267. The minimum atomic E-state index is -0.517. The van der Waals surface area contributed by atoms with E-state index in [-0.39, 0.29) is 28.6 Å². The van der Waals surface area contributed by atoms with Crippen LogP contribution in [0.25, 0.3) is 22.3 Å². The average Bonchev–Trinajstić information content (AvgIpc) is 2.78. The van der Waals surface area contributed by atoms with Gasteiger partial charge < -0.3 is 21.2 Å². The Morgan fingerprint density at radius 1 is 1.10 bits per heavy atom. The Labute approximate surface area is 178 Å². The summed E-state index contributed by atoms with van der Waals surface area (Å²) in [6.45, 7) is 1.92. The lowest BCUT2D eigenvalue weighted by molar-refractivity contribution is 0.595. The summed E-state index contributed by atoms with van der Waals surface area (Å²) in [7, 11) is 0. The molecule has 31 heavy (non-hydrogen) atoms.